The Morgan fingerprint density at radius 2 is 1.94 bits per heavy atom. The third kappa shape index (κ3) is 4.81. The maximum Gasteiger partial charge on any atom is 0.223 e. The summed E-state index contributed by atoms with van der Waals surface area (Å²) in [6.07, 6.45) is 0.634. The largest absolute Gasteiger partial charge is 0.341 e. The molecule has 3 heteroatoms. The second kappa shape index (κ2) is 6.18. The summed E-state index contributed by atoms with van der Waals surface area (Å²) in [7, 11) is 1.77. The van der Waals surface area contributed by atoms with Gasteiger partial charge in [0.25, 0.3) is 0 Å². The summed E-state index contributed by atoms with van der Waals surface area (Å²) in [5.41, 5.74) is 2.30. The second-order valence-electron chi connectivity index (χ2n) is 4.44. The molecule has 0 atom stereocenters. The summed E-state index contributed by atoms with van der Waals surface area (Å²) < 4.78 is 0. The minimum Gasteiger partial charge on any atom is -0.341 e. The van der Waals surface area contributed by atoms with Crippen LogP contribution in [0.5, 0.6) is 0 Å². The van der Waals surface area contributed by atoms with Crippen LogP contribution in [0.2, 0.25) is 0 Å². The van der Waals surface area contributed by atoms with E-state index in [1.165, 1.54) is 12.5 Å². The van der Waals surface area contributed by atoms with E-state index < -0.39 is 0 Å². The van der Waals surface area contributed by atoms with Crippen LogP contribution in [0.4, 0.5) is 0 Å². The predicted molar refractivity (Wildman–Crippen MR) is 67.6 cm³/mol. The second-order valence-corrected chi connectivity index (χ2v) is 4.44. The van der Waals surface area contributed by atoms with Gasteiger partial charge < -0.3 is 9.69 Å². The number of hydrogen-bond donors (Lipinski definition) is 0. The molecule has 0 saturated heterocycles. The number of nitrogens with zero attached hydrogens (tertiary/aromatic N) is 1. The highest BCUT2D eigenvalue weighted by molar-refractivity contribution is 5.83. The number of amides is 1. The lowest BCUT2D eigenvalue weighted by atomic mass is 10.1. The number of hydrogen-bond acceptors (Lipinski definition) is 2. The van der Waals surface area contributed by atoms with E-state index in [2.05, 4.69) is 6.07 Å². The molecule has 0 aliphatic carbocycles. The minimum atomic E-state index is 0.0155. The van der Waals surface area contributed by atoms with Crippen molar-refractivity contribution in [3.63, 3.8) is 0 Å². The van der Waals surface area contributed by atoms with Crippen molar-refractivity contribution in [1.82, 2.24) is 4.90 Å². The molecule has 0 spiro atoms. The van der Waals surface area contributed by atoms with Crippen LogP contribution in [0.15, 0.2) is 24.3 Å². The molecule has 0 aliphatic heterocycles. The predicted octanol–water partition coefficient (Wildman–Crippen LogP) is 2.32. The maximum absolute atomic E-state index is 11.7. The Morgan fingerprint density at radius 3 is 2.53 bits per heavy atom. The number of carbonyl (C=O) groups excluding carboxylic acids is 2. The van der Waals surface area contributed by atoms with Crippen molar-refractivity contribution >= 4 is 11.7 Å². The molecule has 92 valence electrons. The topological polar surface area (TPSA) is 37.4 Å². The molecule has 3 nitrogen and oxygen atoms in total. The molecule has 0 radical (unpaired) electrons. The van der Waals surface area contributed by atoms with Gasteiger partial charge in [0.1, 0.15) is 5.78 Å². The molecule has 1 amide bonds. The monoisotopic (exact) mass is 233 g/mol. The lowest BCUT2D eigenvalue weighted by Crippen LogP contribution is -2.26. The standard InChI is InChI=1S/C14H19NO2/c1-11-5-4-6-13(9-11)10-15(3)14(17)8-7-12(2)16/h4-6,9H,7-8,10H2,1-3H3. The zero-order valence-electron chi connectivity index (χ0n) is 10.7. The summed E-state index contributed by atoms with van der Waals surface area (Å²) in [4.78, 5) is 24.2. The molecule has 0 bridgehead atoms. The summed E-state index contributed by atoms with van der Waals surface area (Å²) in [5.74, 6) is 0.0732. The fraction of sp³-hybridized carbons (Fsp3) is 0.429. The smallest absolute Gasteiger partial charge is 0.223 e. The number of Topliss-reactive ketones (excluding diaryl/α,β-unsaturated/α-hetero) is 1. The van der Waals surface area contributed by atoms with Crippen molar-refractivity contribution in [1.29, 1.82) is 0 Å². The van der Waals surface area contributed by atoms with Crippen LogP contribution in [0, 0.1) is 6.92 Å². The zero-order chi connectivity index (χ0) is 12.8. The molecule has 17 heavy (non-hydrogen) atoms. The average molecular weight is 233 g/mol. The first-order chi connectivity index (χ1) is 7.99. The molecule has 0 saturated carbocycles. The highest BCUT2D eigenvalue weighted by Gasteiger charge is 2.10. The number of carbonyl (C=O) groups is 2. The molecular formula is C14H19NO2. The first-order valence-corrected chi connectivity index (χ1v) is 5.78. The van der Waals surface area contributed by atoms with E-state index in [0.29, 0.717) is 19.4 Å². The van der Waals surface area contributed by atoms with Crippen molar-refractivity contribution in [2.45, 2.75) is 33.2 Å². The van der Waals surface area contributed by atoms with Gasteiger partial charge in [0.05, 0.1) is 0 Å². The Labute approximate surface area is 102 Å². The summed E-state index contributed by atoms with van der Waals surface area (Å²) >= 11 is 0. The molecule has 0 N–H and O–H groups in total. The molecule has 1 aromatic rings. The maximum atomic E-state index is 11.7. The van der Waals surface area contributed by atoms with E-state index in [1.54, 1.807) is 11.9 Å². The Morgan fingerprint density at radius 1 is 1.24 bits per heavy atom. The van der Waals surface area contributed by atoms with E-state index in [4.69, 9.17) is 0 Å². The minimum absolute atomic E-state index is 0.0155. The number of ketones is 1. The fourth-order valence-electron chi connectivity index (χ4n) is 1.65. The van der Waals surface area contributed by atoms with Gasteiger partial charge in [-0.3, -0.25) is 4.79 Å². The third-order valence-corrected chi connectivity index (χ3v) is 2.62. The summed E-state index contributed by atoms with van der Waals surface area (Å²) in [6, 6.07) is 8.08. The van der Waals surface area contributed by atoms with Gasteiger partial charge in [0, 0.05) is 26.4 Å². The van der Waals surface area contributed by atoms with Gasteiger partial charge in [-0.1, -0.05) is 29.8 Å². The van der Waals surface area contributed by atoms with Gasteiger partial charge in [-0.05, 0) is 19.4 Å². The van der Waals surface area contributed by atoms with E-state index in [0.717, 1.165) is 5.56 Å². The van der Waals surface area contributed by atoms with E-state index in [-0.39, 0.29) is 11.7 Å². The zero-order valence-corrected chi connectivity index (χ0v) is 10.7. The first kappa shape index (κ1) is 13.4. The SMILES string of the molecule is CC(=O)CCC(=O)N(C)Cc1cccc(C)c1. The van der Waals surface area contributed by atoms with E-state index in [9.17, 15) is 9.59 Å². The van der Waals surface area contributed by atoms with Crippen LogP contribution >= 0.6 is 0 Å². The fourth-order valence-corrected chi connectivity index (χ4v) is 1.65. The summed E-state index contributed by atoms with van der Waals surface area (Å²) in [6.45, 7) is 4.13. The Bertz CT molecular complexity index is 412. The van der Waals surface area contributed by atoms with Crippen LogP contribution in [-0.4, -0.2) is 23.6 Å². The number of rotatable bonds is 5. The van der Waals surface area contributed by atoms with Gasteiger partial charge >= 0.3 is 0 Å². The van der Waals surface area contributed by atoms with Crippen LogP contribution in [0.1, 0.15) is 30.9 Å². The van der Waals surface area contributed by atoms with Crippen molar-refractivity contribution < 1.29 is 9.59 Å². The van der Waals surface area contributed by atoms with Crippen LogP contribution < -0.4 is 0 Å². The normalized spacial score (nSPS) is 10.1. The van der Waals surface area contributed by atoms with Crippen LogP contribution in [0.3, 0.4) is 0 Å². The molecule has 1 rings (SSSR count). The molecular weight excluding hydrogens is 214 g/mol. The average Bonchev–Trinajstić information content (AvgIpc) is 2.25. The van der Waals surface area contributed by atoms with E-state index >= 15 is 0 Å². The third-order valence-electron chi connectivity index (χ3n) is 2.62. The lowest BCUT2D eigenvalue weighted by Gasteiger charge is -2.17. The van der Waals surface area contributed by atoms with Crippen LogP contribution in [0.25, 0.3) is 0 Å². The number of benzene rings is 1. The van der Waals surface area contributed by atoms with Crippen molar-refractivity contribution in [3.05, 3.63) is 35.4 Å². The Kier molecular flexibility index (Phi) is 4.88. The Hall–Kier alpha value is -1.64. The molecule has 0 aliphatic rings. The van der Waals surface area contributed by atoms with Gasteiger partial charge in [-0.25, -0.2) is 0 Å². The van der Waals surface area contributed by atoms with Crippen molar-refractivity contribution in [2.75, 3.05) is 7.05 Å². The van der Waals surface area contributed by atoms with Crippen molar-refractivity contribution in [3.8, 4) is 0 Å². The lowest BCUT2D eigenvalue weighted by molar-refractivity contribution is -0.132. The quantitative estimate of drug-likeness (QED) is 0.782. The Balaban J connectivity index is 2.51. The van der Waals surface area contributed by atoms with Gasteiger partial charge in [0.2, 0.25) is 5.91 Å². The van der Waals surface area contributed by atoms with Crippen LogP contribution in [-0.2, 0) is 16.1 Å². The first-order valence-electron chi connectivity index (χ1n) is 5.78. The molecule has 0 aromatic heterocycles. The highest BCUT2D eigenvalue weighted by atomic mass is 16.2. The molecule has 1 aromatic carbocycles. The van der Waals surface area contributed by atoms with Gasteiger partial charge in [-0.15, -0.1) is 0 Å². The van der Waals surface area contributed by atoms with Gasteiger partial charge in [0.15, 0.2) is 0 Å². The molecule has 0 heterocycles. The number of aryl methyl sites for hydroxylation is 1. The highest BCUT2D eigenvalue weighted by Crippen LogP contribution is 2.08. The summed E-state index contributed by atoms with van der Waals surface area (Å²) in [5, 5.41) is 0. The van der Waals surface area contributed by atoms with E-state index in [1.807, 2.05) is 25.1 Å². The molecule has 0 unspecified atom stereocenters. The molecule has 0 fully saturated rings. The van der Waals surface area contributed by atoms with Crippen molar-refractivity contribution in [2.24, 2.45) is 0 Å². The van der Waals surface area contributed by atoms with Gasteiger partial charge in [-0.2, -0.15) is 0 Å².